The van der Waals surface area contributed by atoms with Gasteiger partial charge in [-0.25, -0.2) is 0 Å². The number of amides is 1. The fourth-order valence-electron chi connectivity index (χ4n) is 0.849. The van der Waals surface area contributed by atoms with Crippen molar-refractivity contribution in [1.82, 2.24) is 4.90 Å². The molecule has 0 aromatic carbocycles. The van der Waals surface area contributed by atoms with Gasteiger partial charge in [-0.05, 0) is 19.3 Å². The number of rotatable bonds is 2. The van der Waals surface area contributed by atoms with Crippen LogP contribution in [0.25, 0.3) is 0 Å². The summed E-state index contributed by atoms with van der Waals surface area (Å²) in [5, 5.41) is 0. The van der Waals surface area contributed by atoms with Crippen molar-refractivity contribution < 1.29 is 4.79 Å². The minimum atomic E-state index is 0.507. The van der Waals surface area contributed by atoms with Crippen molar-refractivity contribution in [2.45, 2.75) is 25.3 Å². The summed E-state index contributed by atoms with van der Waals surface area (Å²) < 4.78 is 0. The summed E-state index contributed by atoms with van der Waals surface area (Å²) in [6.07, 6.45) is 5.47. The molecule has 2 nitrogen and oxygen atoms in total. The molecule has 0 atom stereocenters. The Morgan fingerprint density at radius 1 is 1.62 bits per heavy atom. The van der Waals surface area contributed by atoms with Gasteiger partial charge >= 0.3 is 6.41 Å². The lowest BCUT2D eigenvalue weighted by atomic mass is 9.92. The molecule has 0 aromatic rings. The van der Waals surface area contributed by atoms with Gasteiger partial charge in [0, 0.05) is 13.1 Å². The highest BCUT2D eigenvalue weighted by atomic mass is 16.1. The Hall–Kier alpha value is -0.530. The highest BCUT2D eigenvalue weighted by Crippen LogP contribution is 2.21. The summed E-state index contributed by atoms with van der Waals surface area (Å²) in [6, 6.07) is 0.507. The molecule has 2 heteroatoms. The third-order valence-electron chi connectivity index (χ3n) is 1.77. The van der Waals surface area contributed by atoms with E-state index in [9.17, 15) is 4.79 Å². The van der Waals surface area contributed by atoms with Crippen molar-refractivity contribution in [1.29, 1.82) is 0 Å². The van der Waals surface area contributed by atoms with Crippen LogP contribution >= 0.6 is 0 Å². The second kappa shape index (κ2) is 2.16. The highest BCUT2D eigenvalue weighted by molar-refractivity contribution is 5.48. The maximum absolute atomic E-state index is 9.94. The van der Waals surface area contributed by atoms with Crippen LogP contribution in [0.15, 0.2) is 0 Å². The first-order chi connectivity index (χ1) is 3.84. The second-order valence-corrected chi connectivity index (χ2v) is 2.29. The van der Waals surface area contributed by atoms with Crippen molar-refractivity contribution >= 4 is 6.41 Å². The minimum Gasteiger partial charge on any atom is -0.335 e. The third-order valence-corrected chi connectivity index (χ3v) is 1.77. The van der Waals surface area contributed by atoms with Crippen molar-refractivity contribution in [3.05, 3.63) is 0 Å². The lowest BCUT2D eigenvalue weighted by Gasteiger charge is -2.30. The quantitative estimate of drug-likeness (QED) is 0.477. The fourth-order valence-corrected chi connectivity index (χ4v) is 0.849. The zero-order chi connectivity index (χ0) is 5.98. The molecule has 0 heterocycles. The molecule has 1 radical (unpaired) electrons. The lowest BCUT2D eigenvalue weighted by Crippen LogP contribution is -2.35. The van der Waals surface area contributed by atoms with Gasteiger partial charge < -0.3 is 4.90 Å². The van der Waals surface area contributed by atoms with E-state index in [0.717, 1.165) is 0 Å². The molecule has 0 aromatic heterocycles. The van der Waals surface area contributed by atoms with Gasteiger partial charge in [0.2, 0.25) is 0 Å². The predicted molar refractivity (Wildman–Crippen MR) is 31.1 cm³/mol. The van der Waals surface area contributed by atoms with E-state index in [2.05, 4.69) is 0 Å². The van der Waals surface area contributed by atoms with Crippen LogP contribution in [0.5, 0.6) is 0 Å². The Morgan fingerprint density at radius 3 is 2.38 bits per heavy atom. The van der Waals surface area contributed by atoms with Crippen molar-refractivity contribution in [2.24, 2.45) is 0 Å². The van der Waals surface area contributed by atoms with E-state index < -0.39 is 0 Å². The van der Waals surface area contributed by atoms with Crippen LogP contribution in [0.4, 0.5) is 0 Å². The number of hydrogen-bond donors (Lipinski definition) is 0. The van der Waals surface area contributed by atoms with Gasteiger partial charge in [-0.1, -0.05) is 0 Å². The Labute approximate surface area is 49.5 Å². The van der Waals surface area contributed by atoms with Crippen molar-refractivity contribution in [2.75, 3.05) is 7.05 Å². The molecule has 0 unspecified atom stereocenters. The second-order valence-electron chi connectivity index (χ2n) is 2.29. The molecular formula is C6H10NO. The van der Waals surface area contributed by atoms with Crippen LogP contribution < -0.4 is 0 Å². The van der Waals surface area contributed by atoms with Crippen LogP contribution in [0.1, 0.15) is 19.3 Å². The number of carbonyl (C=O) groups excluding carboxylic acids is 1. The fraction of sp³-hybridized carbons (Fsp3) is 0.833. The SMILES string of the molecule is CN([C]=O)C1CCC1. The van der Waals surface area contributed by atoms with Gasteiger partial charge in [0.15, 0.2) is 0 Å². The molecule has 1 saturated carbocycles. The molecule has 1 aliphatic rings. The molecule has 1 amide bonds. The van der Waals surface area contributed by atoms with E-state index in [1.54, 1.807) is 11.9 Å². The Kier molecular flexibility index (Phi) is 1.51. The largest absolute Gasteiger partial charge is 0.335 e. The summed E-state index contributed by atoms with van der Waals surface area (Å²) in [4.78, 5) is 11.6. The van der Waals surface area contributed by atoms with Crippen LogP contribution in [-0.2, 0) is 4.79 Å². The maximum Gasteiger partial charge on any atom is 0.312 e. The monoisotopic (exact) mass is 112 g/mol. The molecule has 1 rings (SSSR count). The van der Waals surface area contributed by atoms with Gasteiger partial charge in [0.25, 0.3) is 0 Å². The predicted octanol–water partition coefficient (Wildman–Crippen LogP) is 0.538. The van der Waals surface area contributed by atoms with E-state index >= 15 is 0 Å². The Balaban J connectivity index is 2.22. The van der Waals surface area contributed by atoms with Gasteiger partial charge in [0.05, 0.1) is 0 Å². The van der Waals surface area contributed by atoms with Crippen LogP contribution in [0.2, 0.25) is 0 Å². The summed E-state index contributed by atoms with van der Waals surface area (Å²) in [5.41, 5.74) is 0. The standard InChI is InChI=1S/C6H10NO/c1-7(5-8)6-3-2-4-6/h6H,2-4H2,1H3. The first-order valence-corrected chi connectivity index (χ1v) is 2.95. The molecule has 0 N–H and O–H groups in total. The Morgan fingerprint density at radius 2 is 2.25 bits per heavy atom. The molecule has 8 heavy (non-hydrogen) atoms. The molecule has 0 saturated heterocycles. The average molecular weight is 112 g/mol. The molecule has 1 fully saturated rings. The highest BCUT2D eigenvalue weighted by Gasteiger charge is 2.20. The molecule has 0 bridgehead atoms. The zero-order valence-corrected chi connectivity index (χ0v) is 5.05. The summed E-state index contributed by atoms with van der Waals surface area (Å²) in [5.74, 6) is 0. The molecular weight excluding hydrogens is 102 g/mol. The topological polar surface area (TPSA) is 20.3 Å². The lowest BCUT2D eigenvalue weighted by molar-refractivity contribution is 0.232. The Bertz CT molecular complexity index is 88.5. The van der Waals surface area contributed by atoms with E-state index in [1.807, 2.05) is 6.41 Å². The molecule has 0 spiro atoms. The normalized spacial score (nSPS) is 19.6. The zero-order valence-electron chi connectivity index (χ0n) is 5.05. The van der Waals surface area contributed by atoms with Gasteiger partial charge in [-0.2, -0.15) is 0 Å². The van der Waals surface area contributed by atoms with E-state index in [1.165, 1.54) is 19.3 Å². The van der Waals surface area contributed by atoms with Gasteiger partial charge in [-0.15, -0.1) is 0 Å². The smallest absolute Gasteiger partial charge is 0.312 e. The number of hydrogen-bond acceptors (Lipinski definition) is 1. The maximum atomic E-state index is 9.94. The summed E-state index contributed by atoms with van der Waals surface area (Å²) in [7, 11) is 1.79. The van der Waals surface area contributed by atoms with E-state index in [4.69, 9.17) is 0 Å². The van der Waals surface area contributed by atoms with Crippen LogP contribution in [0.3, 0.4) is 0 Å². The van der Waals surface area contributed by atoms with E-state index in [-0.39, 0.29) is 0 Å². The third kappa shape index (κ3) is 0.831. The molecule has 0 aliphatic heterocycles. The first-order valence-electron chi connectivity index (χ1n) is 2.95. The average Bonchev–Trinajstić information content (AvgIpc) is 1.62. The number of nitrogens with zero attached hydrogens (tertiary/aromatic N) is 1. The van der Waals surface area contributed by atoms with Crippen molar-refractivity contribution in [3.8, 4) is 0 Å². The van der Waals surface area contributed by atoms with Gasteiger partial charge in [-0.3, -0.25) is 4.79 Å². The summed E-state index contributed by atoms with van der Waals surface area (Å²) >= 11 is 0. The first kappa shape index (κ1) is 5.60. The van der Waals surface area contributed by atoms with Crippen LogP contribution in [-0.4, -0.2) is 24.4 Å². The summed E-state index contributed by atoms with van der Waals surface area (Å²) in [6.45, 7) is 0. The molecule has 1 aliphatic carbocycles. The van der Waals surface area contributed by atoms with E-state index in [0.29, 0.717) is 6.04 Å². The van der Waals surface area contributed by atoms with Gasteiger partial charge in [0.1, 0.15) is 0 Å². The minimum absolute atomic E-state index is 0.507. The van der Waals surface area contributed by atoms with Crippen molar-refractivity contribution in [3.63, 3.8) is 0 Å². The molecule has 45 valence electrons. The van der Waals surface area contributed by atoms with Crippen LogP contribution in [0, 0.1) is 0 Å².